The lowest BCUT2D eigenvalue weighted by Gasteiger charge is -2.15. The number of nitrogens with zero attached hydrogens (tertiary/aromatic N) is 2. The number of hydrogen-bond donors (Lipinski definition) is 0. The second kappa shape index (κ2) is 6.74. The van der Waals surface area contributed by atoms with Crippen molar-refractivity contribution in [2.75, 3.05) is 13.1 Å². The van der Waals surface area contributed by atoms with E-state index >= 15 is 0 Å². The van der Waals surface area contributed by atoms with Gasteiger partial charge in [0.05, 0.1) is 0 Å². The van der Waals surface area contributed by atoms with Gasteiger partial charge in [0.1, 0.15) is 0 Å². The summed E-state index contributed by atoms with van der Waals surface area (Å²) in [7, 11) is 1.99. The van der Waals surface area contributed by atoms with Gasteiger partial charge >= 0.3 is 0 Å². The fraction of sp³-hybridized carbons (Fsp3) is 0.357. The van der Waals surface area contributed by atoms with Gasteiger partial charge < -0.3 is 9.47 Å². The predicted octanol–water partition coefficient (Wildman–Crippen LogP) is 2.46. The molecule has 1 heterocycles. The van der Waals surface area contributed by atoms with Crippen molar-refractivity contribution in [2.24, 2.45) is 7.05 Å². The van der Waals surface area contributed by atoms with Crippen molar-refractivity contribution < 1.29 is 4.79 Å². The predicted molar refractivity (Wildman–Crippen MR) is 71.5 cm³/mol. The summed E-state index contributed by atoms with van der Waals surface area (Å²) < 4.78 is 2.02. The normalized spacial score (nSPS) is 11.5. The molecule has 0 saturated carbocycles. The molecule has 92 valence electrons. The van der Waals surface area contributed by atoms with Crippen LogP contribution in [-0.2, 0) is 11.8 Å². The lowest BCUT2D eigenvalue weighted by atomic mass is 10.3. The first-order chi connectivity index (χ1) is 8.19. The van der Waals surface area contributed by atoms with E-state index in [1.54, 1.807) is 17.1 Å². The standard InChI is InChI=1S/C14H20N2O/c1-4-16(5-2)14(17)11-7-6-9-13-10-8-12-15(13)3/h6-12H,4-5H2,1-3H3/b9-6+,11-7+. The second-order valence-electron chi connectivity index (χ2n) is 3.77. The van der Waals surface area contributed by atoms with Crippen molar-refractivity contribution in [3.63, 3.8) is 0 Å². The molecule has 3 nitrogen and oxygen atoms in total. The molecule has 17 heavy (non-hydrogen) atoms. The zero-order valence-electron chi connectivity index (χ0n) is 10.8. The lowest BCUT2D eigenvalue weighted by Crippen LogP contribution is -2.28. The van der Waals surface area contributed by atoms with Crippen molar-refractivity contribution in [1.29, 1.82) is 0 Å². The maximum absolute atomic E-state index is 11.6. The Morgan fingerprint density at radius 1 is 1.35 bits per heavy atom. The van der Waals surface area contributed by atoms with E-state index in [0.29, 0.717) is 0 Å². The molecule has 0 aliphatic carbocycles. The third-order valence-corrected chi connectivity index (χ3v) is 2.68. The highest BCUT2D eigenvalue weighted by atomic mass is 16.2. The first-order valence-corrected chi connectivity index (χ1v) is 5.94. The summed E-state index contributed by atoms with van der Waals surface area (Å²) in [6.07, 6.45) is 9.24. The van der Waals surface area contributed by atoms with E-state index in [2.05, 4.69) is 0 Å². The van der Waals surface area contributed by atoms with Crippen molar-refractivity contribution >= 4 is 12.0 Å². The number of carbonyl (C=O) groups is 1. The van der Waals surface area contributed by atoms with Crippen LogP contribution in [0.1, 0.15) is 19.5 Å². The van der Waals surface area contributed by atoms with E-state index in [4.69, 9.17) is 0 Å². The summed E-state index contributed by atoms with van der Waals surface area (Å²) in [5, 5.41) is 0. The van der Waals surface area contributed by atoms with E-state index in [9.17, 15) is 4.79 Å². The van der Waals surface area contributed by atoms with Crippen LogP contribution in [0.3, 0.4) is 0 Å². The number of rotatable bonds is 5. The average molecular weight is 232 g/mol. The van der Waals surface area contributed by atoms with Gasteiger partial charge in [-0.3, -0.25) is 4.79 Å². The molecular formula is C14H20N2O. The van der Waals surface area contributed by atoms with Crippen LogP contribution in [0.4, 0.5) is 0 Å². The van der Waals surface area contributed by atoms with E-state index in [0.717, 1.165) is 18.8 Å². The zero-order chi connectivity index (χ0) is 12.7. The summed E-state index contributed by atoms with van der Waals surface area (Å²) in [6, 6.07) is 4.01. The molecule has 3 heteroatoms. The lowest BCUT2D eigenvalue weighted by molar-refractivity contribution is -0.125. The number of allylic oxidation sites excluding steroid dienone is 2. The van der Waals surface area contributed by atoms with Gasteiger partial charge in [-0.05, 0) is 32.1 Å². The molecule has 0 fully saturated rings. The maximum Gasteiger partial charge on any atom is 0.246 e. The first-order valence-electron chi connectivity index (χ1n) is 5.94. The van der Waals surface area contributed by atoms with Gasteiger partial charge in [-0.25, -0.2) is 0 Å². The topological polar surface area (TPSA) is 25.2 Å². The van der Waals surface area contributed by atoms with Crippen molar-refractivity contribution in [3.05, 3.63) is 42.3 Å². The third-order valence-electron chi connectivity index (χ3n) is 2.68. The number of aromatic nitrogens is 1. The highest BCUT2D eigenvalue weighted by Crippen LogP contribution is 2.02. The van der Waals surface area contributed by atoms with E-state index in [1.165, 1.54) is 0 Å². The van der Waals surface area contributed by atoms with Gasteiger partial charge in [0.2, 0.25) is 5.91 Å². The van der Waals surface area contributed by atoms with E-state index in [1.807, 2.05) is 55.9 Å². The number of hydrogen-bond acceptors (Lipinski definition) is 1. The number of aryl methyl sites for hydroxylation is 1. The fourth-order valence-electron chi connectivity index (χ4n) is 1.58. The summed E-state index contributed by atoms with van der Waals surface area (Å²) in [4.78, 5) is 13.4. The van der Waals surface area contributed by atoms with Crippen LogP contribution in [0.2, 0.25) is 0 Å². The molecule has 0 aliphatic heterocycles. The highest BCUT2D eigenvalue weighted by molar-refractivity contribution is 5.87. The Hall–Kier alpha value is -1.77. The number of amides is 1. The highest BCUT2D eigenvalue weighted by Gasteiger charge is 2.03. The molecular weight excluding hydrogens is 212 g/mol. The summed E-state index contributed by atoms with van der Waals surface area (Å²) in [6.45, 7) is 5.46. The average Bonchev–Trinajstić information content (AvgIpc) is 2.72. The Labute approximate surface area is 103 Å². The van der Waals surface area contributed by atoms with Crippen molar-refractivity contribution in [3.8, 4) is 0 Å². The Kier molecular flexibility index (Phi) is 5.27. The van der Waals surface area contributed by atoms with Crippen LogP contribution < -0.4 is 0 Å². The molecule has 1 aromatic heterocycles. The molecule has 0 atom stereocenters. The van der Waals surface area contributed by atoms with Gasteiger partial charge in [-0.15, -0.1) is 0 Å². The number of likely N-dealkylation sites (N-methyl/N-ethyl adjacent to an activating group) is 1. The van der Waals surface area contributed by atoms with Crippen molar-refractivity contribution in [2.45, 2.75) is 13.8 Å². The molecule has 1 rings (SSSR count). The molecule has 0 spiro atoms. The van der Waals surface area contributed by atoms with Gasteiger partial charge in [0.15, 0.2) is 0 Å². The Bertz CT molecular complexity index is 412. The van der Waals surface area contributed by atoms with Gasteiger partial charge in [0, 0.05) is 38.1 Å². The summed E-state index contributed by atoms with van der Waals surface area (Å²) in [5.74, 6) is 0.0616. The van der Waals surface area contributed by atoms with Crippen LogP contribution >= 0.6 is 0 Å². The van der Waals surface area contributed by atoms with Crippen LogP contribution in [0.25, 0.3) is 6.08 Å². The largest absolute Gasteiger partial charge is 0.351 e. The van der Waals surface area contributed by atoms with E-state index in [-0.39, 0.29) is 5.91 Å². The molecule has 0 N–H and O–H groups in total. The molecule has 0 radical (unpaired) electrons. The van der Waals surface area contributed by atoms with Gasteiger partial charge in [-0.1, -0.05) is 12.2 Å². The molecule has 0 unspecified atom stereocenters. The Balaban J connectivity index is 2.53. The Morgan fingerprint density at radius 3 is 2.59 bits per heavy atom. The smallest absolute Gasteiger partial charge is 0.246 e. The van der Waals surface area contributed by atoms with Crippen molar-refractivity contribution in [1.82, 2.24) is 9.47 Å². The second-order valence-corrected chi connectivity index (χ2v) is 3.77. The molecule has 0 aliphatic rings. The fourth-order valence-corrected chi connectivity index (χ4v) is 1.58. The van der Waals surface area contributed by atoms with E-state index < -0.39 is 0 Å². The van der Waals surface area contributed by atoms with Crippen LogP contribution in [0.15, 0.2) is 36.6 Å². The SMILES string of the molecule is CCN(CC)C(=O)/C=C/C=C/c1cccn1C. The molecule has 0 bridgehead atoms. The Morgan fingerprint density at radius 2 is 2.06 bits per heavy atom. The molecule has 0 aromatic carbocycles. The molecule has 1 amide bonds. The zero-order valence-corrected chi connectivity index (χ0v) is 10.8. The first kappa shape index (κ1) is 13.3. The summed E-state index contributed by atoms with van der Waals surface area (Å²) in [5.41, 5.74) is 1.12. The molecule has 0 saturated heterocycles. The minimum Gasteiger partial charge on any atom is -0.351 e. The monoisotopic (exact) mass is 232 g/mol. The number of carbonyl (C=O) groups excluding carboxylic acids is 1. The minimum atomic E-state index is 0.0616. The van der Waals surface area contributed by atoms with Crippen LogP contribution in [0, 0.1) is 0 Å². The van der Waals surface area contributed by atoms with Crippen LogP contribution in [0.5, 0.6) is 0 Å². The maximum atomic E-state index is 11.6. The van der Waals surface area contributed by atoms with Gasteiger partial charge in [-0.2, -0.15) is 0 Å². The quantitative estimate of drug-likeness (QED) is 0.565. The minimum absolute atomic E-state index is 0.0616. The summed E-state index contributed by atoms with van der Waals surface area (Å²) >= 11 is 0. The van der Waals surface area contributed by atoms with Crippen LogP contribution in [-0.4, -0.2) is 28.5 Å². The van der Waals surface area contributed by atoms with Gasteiger partial charge in [0.25, 0.3) is 0 Å². The third kappa shape index (κ3) is 3.94. The molecule has 1 aromatic rings.